The van der Waals surface area contributed by atoms with Crippen LogP contribution in [-0.4, -0.2) is 85.2 Å². The number of amides is 3. The summed E-state index contributed by atoms with van der Waals surface area (Å²) >= 11 is 0. The number of piperidine rings is 1. The lowest BCUT2D eigenvalue weighted by atomic mass is 9.85. The lowest BCUT2D eigenvalue weighted by Crippen LogP contribution is -2.58. The highest BCUT2D eigenvalue weighted by Gasteiger charge is 2.57. The van der Waals surface area contributed by atoms with Crippen molar-refractivity contribution in [2.75, 3.05) is 47.0 Å². The van der Waals surface area contributed by atoms with Crippen LogP contribution in [0.15, 0.2) is 24.3 Å². The third-order valence-electron chi connectivity index (χ3n) is 6.76. The van der Waals surface area contributed by atoms with Gasteiger partial charge in [-0.3, -0.25) is 9.69 Å². The summed E-state index contributed by atoms with van der Waals surface area (Å²) in [5.74, 6) is 0.758. The van der Waals surface area contributed by atoms with E-state index in [1.165, 1.54) is 4.90 Å². The van der Waals surface area contributed by atoms with Crippen molar-refractivity contribution in [3.63, 3.8) is 0 Å². The number of imide groups is 1. The second kappa shape index (κ2) is 9.79. The van der Waals surface area contributed by atoms with E-state index in [0.29, 0.717) is 45.0 Å². The monoisotopic (exact) mass is 417 g/mol. The fraction of sp³-hybridized carbons (Fsp3) is 0.652. The van der Waals surface area contributed by atoms with Gasteiger partial charge in [-0.25, -0.2) is 4.79 Å². The van der Waals surface area contributed by atoms with E-state index in [1.54, 1.807) is 14.2 Å². The second-order valence-electron chi connectivity index (χ2n) is 8.31. The highest BCUT2D eigenvalue weighted by Crippen LogP contribution is 2.38. The number of likely N-dealkylation sites (tertiary alicyclic amines) is 1. The van der Waals surface area contributed by atoms with Gasteiger partial charge < -0.3 is 19.3 Å². The Morgan fingerprint density at radius 2 is 1.73 bits per heavy atom. The Morgan fingerprint density at radius 1 is 1.07 bits per heavy atom. The van der Waals surface area contributed by atoms with E-state index in [4.69, 9.17) is 9.47 Å². The maximum atomic E-state index is 13.4. The Kier molecular flexibility index (Phi) is 7.36. The highest BCUT2D eigenvalue weighted by atomic mass is 16.5. The number of nitrogens with zero attached hydrogens (tertiary/aromatic N) is 3. The number of hydrogen-bond donors (Lipinski definition) is 0. The second-order valence-corrected chi connectivity index (χ2v) is 8.31. The minimum absolute atomic E-state index is 0.0527. The Labute approximate surface area is 179 Å². The lowest BCUT2D eigenvalue weighted by Gasteiger charge is -2.44. The molecule has 0 unspecified atom stereocenters. The zero-order valence-corrected chi connectivity index (χ0v) is 18.7. The van der Waals surface area contributed by atoms with Crippen LogP contribution < -0.4 is 4.74 Å². The number of ether oxygens (including phenoxy) is 2. The van der Waals surface area contributed by atoms with E-state index in [-0.39, 0.29) is 11.9 Å². The molecule has 1 atom stereocenters. The van der Waals surface area contributed by atoms with Crippen LogP contribution in [0, 0.1) is 0 Å². The van der Waals surface area contributed by atoms with Gasteiger partial charge in [-0.1, -0.05) is 19.1 Å². The standard InChI is InChI=1S/C23H35N3O4/c1-5-18(2)24-14-11-23(12-15-24)21(27)25(16-17-29-3)22(28)26(23)13-10-19-6-8-20(30-4)9-7-19/h6-9,18H,5,10-17H2,1-4H3/t18-/m1/s1. The summed E-state index contributed by atoms with van der Waals surface area (Å²) in [5.41, 5.74) is 0.403. The van der Waals surface area contributed by atoms with E-state index >= 15 is 0 Å². The fourth-order valence-electron chi connectivity index (χ4n) is 4.58. The van der Waals surface area contributed by atoms with Crippen molar-refractivity contribution < 1.29 is 19.1 Å². The Hall–Kier alpha value is -2.12. The van der Waals surface area contributed by atoms with Crippen LogP contribution in [-0.2, 0) is 16.0 Å². The maximum absolute atomic E-state index is 13.4. The number of carbonyl (C=O) groups excluding carboxylic acids is 2. The van der Waals surface area contributed by atoms with Crippen molar-refractivity contribution in [3.8, 4) is 5.75 Å². The summed E-state index contributed by atoms with van der Waals surface area (Å²) < 4.78 is 10.4. The molecule has 2 saturated heterocycles. The van der Waals surface area contributed by atoms with Crippen LogP contribution >= 0.6 is 0 Å². The molecule has 1 aromatic carbocycles. The maximum Gasteiger partial charge on any atom is 0.327 e. The molecule has 2 aliphatic rings. The molecule has 2 fully saturated rings. The molecule has 2 heterocycles. The van der Waals surface area contributed by atoms with E-state index in [2.05, 4.69) is 18.7 Å². The normalized spacial score (nSPS) is 20.3. The number of benzene rings is 1. The van der Waals surface area contributed by atoms with Gasteiger partial charge in [0.25, 0.3) is 5.91 Å². The molecule has 1 spiro atoms. The number of urea groups is 1. The fourth-order valence-corrected chi connectivity index (χ4v) is 4.58. The molecule has 0 N–H and O–H groups in total. The summed E-state index contributed by atoms with van der Waals surface area (Å²) in [6.45, 7) is 7.29. The Morgan fingerprint density at radius 3 is 2.30 bits per heavy atom. The van der Waals surface area contributed by atoms with Crippen LogP contribution in [0.25, 0.3) is 0 Å². The van der Waals surface area contributed by atoms with Crippen LogP contribution in [0.1, 0.15) is 38.7 Å². The lowest BCUT2D eigenvalue weighted by molar-refractivity contribution is -0.136. The molecule has 1 aromatic rings. The van der Waals surface area contributed by atoms with Gasteiger partial charge in [-0.2, -0.15) is 0 Å². The van der Waals surface area contributed by atoms with Gasteiger partial charge in [-0.15, -0.1) is 0 Å². The molecule has 7 heteroatoms. The zero-order valence-electron chi connectivity index (χ0n) is 18.7. The van der Waals surface area contributed by atoms with Gasteiger partial charge in [-0.05, 0) is 50.3 Å². The number of methoxy groups -OCH3 is 2. The number of hydrogen-bond acceptors (Lipinski definition) is 5. The van der Waals surface area contributed by atoms with Crippen molar-refractivity contribution in [2.24, 2.45) is 0 Å². The molecule has 0 saturated carbocycles. The van der Waals surface area contributed by atoms with Gasteiger partial charge in [0.15, 0.2) is 0 Å². The number of rotatable bonds is 9. The summed E-state index contributed by atoms with van der Waals surface area (Å²) in [6.07, 6.45) is 3.17. The number of carbonyl (C=O) groups is 2. The van der Waals surface area contributed by atoms with Crippen molar-refractivity contribution >= 4 is 11.9 Å². The molecule has 0 radical (unpaired) electrons. The van der Waals surface area contributed by atoms with E-state index < -0.39 is 5.54 Å². The van der Waals surface area contributed by atoms with E-state index in [0.717, 1.165) is 30.8 Å². The summed E-state index contributed by atoms with van der Waals surface area (Å²) in [7, 11) is 3.24. The molecule has 0 bridgehead atoms. The molecule has 3 rings (SSSR count). The predicted molar refractivity (Wildman–Crippen MR) is 116 cm³/mol. The molecule has 0 aliphatic carbocycles. The average molecular weight is 418 g/mol. The van der Waals surface area contributed by atoms with Gasteiger partial charge >= 0.3 is 6.03 Å². The molecule has 7 nitrogen and oxygen atoms in total. The van der Waals surface area contributed by atoms with E-state index in [9.17, 15) is 9.59 Å². The van der Waals surface area contributed by atoms with Gasteiger partial charge in [0.1, 0.15) is 11.3 Å². The largest absolute Gasteiger partial charge is 0.497 e. The first-order chi connectivity index (χ1) is 14.5. The molecule has 166 valence electrons. The molecule has 3 amide bonds. The van der Waals surface area contributed by atoms with Crippen LogP contribution in [0.3, 0.4) is 0 Å². The topological polar surface area (TPSA) is 62.3 Å². The average Bonchev–Trinajstić information content (AvgIpc) is 2.97. The zero-order chi connectivity index (χ0) is 21.7. The molecule has 30 heavy (non-hydrogen) atoms. The first kappa shape index (κ1) is 22.6. The van der Waals surface area contributed by atoms with Crippen LogP contribution in [0.4, 0.5) is 4.79 Å². The molecule has 0 aromatic heterocycles. The van der Waals surface area contributed by atoms with Gasteiger partial charge in [0.2, 0.25) is 0 Å². The first-order valence-electron chi connectivity index (χ1n) is 11.0. The SMILES string of the molecule is CC[C@@H](C)N1CCC2(CC1)C(=O)N(CCOC)C(=O)N2CCc1ccc(OC)cc1. The van der Waals surface area contributed by atoms with Crippen molar-refractivity contribution in [2.45, 2.75) is 51.1 Å². The van der Waals surface area contributed by atoms with Crippen LogP contribution in [0.5, 0.6) is 5.75 Å². The Bertz CT molecular complexity index is 728. The first-order valence-corrected chi connectivity index (χ1v) is 11.0. The molecule has 2 aliphatic heterocycles. The minimum Gasteiger partial charge on any atom is -0.497 e. The minimum atomic E-state index is -0.721. The quantitative estimate of drug-likeness (QED) is 0.578. The smallest absolute Gasteiger partial charge is 0.327 e. The summed E-state index contributed by atoms with van der Waals surface area (Å²) in [6, 6.07) is 8.20. The molecular weight excluding hydrogens is 382 g/mol. The Balaban J connectivity index is 1.77. The third kappa shape index (κ3) is 4.32. The highest BCUT2D eigenvalue weighted by molar-refractivity contribution is 6.07. The van der Waals surface area contributed by atoms with Crippen molar-refractivity contribution in [3.05, 3.63) is 29.8 Å². The summed E-state index contributed by atoms with van der Waals surface area (Å²) in [4.78, 5) is 32.3. The van der Waals surface area contributed by atoms with Crippen molar-refractivity contribution in [1.29, 1.82) is 0 Å². The summed E-state index contributed by atoms with van der Waals surface area (Å²) in [5, 5.41) is 0. The third-order valence-corrected chi connectivity index (χ3v) is 6.76. The van der Waals surface area contributed by atoms with E-state index in [1.807, 2.05) is 29.2 Å². The predicted octanol–water partition coefficient (Wildman–Crippen LogP) is 2.78. The van der Waals surface area contributed by atoms with Gasteiger partial charge in [0.05, 0.1) is 20.3 Å². The molecular formula is C23H35N3O4. The van der Waals surface area contributed by atoms with Crippen molar-refractivity contribution in [1.82, 2.24) is 14.7 Å². The van der Waals surface area contributed by atoms with Gasteiger partial charge in [0, 0.05) is 32.8 Å². The van der Waals surface area contributed by atoms with Crippen LogP contribution in [0.2, 0.25) is 0 Å².